The Morgan fingerprint density at radius 3 is 2.62 bits per heavy atom. The Balaban J connectivity index is 0.00000208. The summed E-state index contributed by atoms with van der Waals surface area (Å²) in [5.74, 6) is 0.216. The minimum absolute atomic E-state index is 0. The molecule has 5 nitrogen and oxygen atoms in total. The van der Waals surface area contributed by atoms with E-state index in [4.69, 9.17) is 5.73 Å². The van der Waals surface area contributed by atoms with Crippen molar-refractivity contribution in [2.24, 2.45) is 0 Å². The Morgan fingerprint density at radius 1 is 1.29 bits per heavy atom. The SMILES string of the molecule is Cl.Nc1ccccc1CCC(=O)N1CCC(n2cc(Br)cn2)CC1. The summed E-state index contributed by atoms with van der Waals surface area (Å²) < 4.78 is 2.99. The van der Waals surface area contributed by atoms with E-state index in [1.165, 1.54) is 0 Å². The van der Waals surface area contributed by atoms with Crippen LogP contribution in [0, 0.1) is 0 Å². The van der Waals surface area contributed by atoms with E-state index >= 15 is 0 Å². The second-order valence-corrected chi connectivity index (χ2v) is 6.87. The van der Waals surface area contributed by atoms with Crippen molar-refractivity contribution < 1.29 is 4.79 Å². The number of nitrogen functional groups attached to an aromatic ring is 1. The quantitative estimate of drug-likeness (QED) is 0.781. The maximum atomic E-state index is 12.4. The van der Waals surface area contributed by atoms with Gasteiger partial charge in [0.25, 0.3) is 0 Å². The predicted molar refractivity (Wildman–Crippen MR) is 101 cm³/mol. The number of carbonyl (C=O) groups is 1. The van der Waals surface area contributed by atoms with Crippen LogP contribution in [0.1, 0.15) is 30.9 Å². The summed E-state index contributed by atoms with van der Waals surface area (Å²) in [6.45, 7) is 1.59. The maximum Gasteiger partial charge on any atom is 0.222 e. The van der Waals surface area contributed by atoms with Gasteiger partial charge in [0, 0.05) is 31.4 Å². The molecule has 1 amide bonds. The maximum absolute atomic E-state index is 12.4. The lowest BCUT2D eigenvalue weighted by atomic mass is 10.0. The van der Waals surface area contributed by atoms with Gasteiger partial charge in [-0.1, -0.05) is 18.2 Å². The molecule has 0 radical (unpaired) electrons. The first-order chi connectivity index (χ1) is 11.1. The highest BCUT2D eigenvalue weighted by molar-refractivity contribution is 9.10. The highest BCUT2D eigenvalue weighted by atomic mass is 79.9. The monoisotopic (exact) mass is 412 g/mol. The molecule has 0 saturated carbocycles. The number of rotatable bonds is 4. The molecule has 0 atom stereocenters. The second kappa shape index (κ2) is 8.53. The lowest BCUT2D eigenvalue weighted by molar-refractivity contribution is -0.132. The molecule has 0 bridgehead atoms. The molecule has 130 valence electrons. The van der Waals surface area contributed by atoms with E-state index in [1.807, 2.05) is 46.2 Å². The van der Waals surface area contributed by atoms with Crippen LogP contribution >= 0.6 is 28.3 Å². The molecule has 2 aromatic rings. The van der Waals surface area contributed by atoms with Crippen molar-refractivity contribution in [3.63, 3.8) is 0 Å². The summed E-state index contributed by atoms with van der Waals surface area (Å²) in [6, 6.07) is 8.14. The van der Waals surface area contributed by atoms with Crippen molar-refractivity contribution in [1.82, 2.24) is 14.7 Å². The third-order valence-corrected chi connectivity index (χ3v) is 4.83. The van der Waals surface area contributed by atoms with Crippen molar-refractivity contribution in [3.8, 4) is 0 Å². The Labute approximate surface area is 156 Å². The fourth-order valence-electron chi connectivity index (χ4n) is 3.06. The van der Waals surface area contributed by atoms with Crippen LogP contribution in [0.15, 0.2) is 41.1 Å². The topological polar surface area (TPSA) is 64.2 Å². The smallest absolute Gasteiger partial charge is 0.222 e. The molecule has 1 fully saturated rings. The third-order valence-electron chi connectivity index (χ3n) is 4.42. The van der Waals surface area contributed by atoms with Crippen molar-refractivity contribution in [2.45, 2.75) is 31.7 Å². The number of aryl methyl sites for hydroxylation is 1. The average molecular weight is 414 g/mol. The van der Waals surface area contributed by atoms with Crippen LogP contribution in [0.3, 0.4) is 0 Å². The van der Waals surface area contributed by atoms with E-state index in [2.05, 4.69) is 21.0 Å². The molecule has 1 aliphatic heterocycles. The molecular formula is C17H22BrClN4O. The van der Waals surface area contributed by atoms with Crippen molar-refractivity contribution in [3.05, 3.63) is 46.7 Å². The minimum atomic E-state index is 0. The zero-order valence-electron chi connectivity index (χ0n) is 13.4. The van der Waals surface area contributed by atoms with Crippen molar-refractivity contribution >= 4 is 39.9 Å². The summed E-state index contributed by atoms with van der Waals surface area (Å²) in [7, 11) is 0. The van der Waals surface area contributed by atoms with E-state index in [-0.39, 0.29) is 18.3 Å². The molecule has 3 rings (SSSR count). The van der Waals surface area contributed by atoms with Crippen LogP contribution in [0.2, 0.25) is 0 Å². The standard InChI is InChI=1S/C17H21BrN4O.ClH/c18-14-11-20-22(12-14)15-7-9-21(10-8-15)17(23)6-5-13-3-1-2-4-16(13)19;/h1-4,11-12,15H,5-10,19H2;1H. The number of hydrogen-bond donors (Lipinski definition) is 1. The highest BCUT2D eigenvalue weighted by Crippen LogP contribution is 2.24. The molecule has 0 unspecified atom stereocenters. The number of hydrogen-bond acceptors (Lipinski definition) is 3. The van der Waals surface area contributed by atoms with Gasteiger partial charge in [-0.05, 0) is 46.8 Å². The molecule has 1 aliphatic rings. The number of nitrogens with zero attached hydrogens (tertiary/aromatic N) is 3. The van der Waals surface area contributed by atoms with Crippen molar-refractivity contribution in [2.75, 3.05) is 18.8 Å². The number of nitrogens with two attached hydrogens (primary N) is 1. The van der Waals surface area contributed by atoms with Crippen LogP contribution in [-0.4, -0.2) is 33.7 Å². The normalized spacial score (nSPS) is 15.1. The number of halogens is 2. The lowest BCUT2D eigenvalue weighted by Crippen LogP contribution is -2.39. The molecule has 2 N–H and O–H groups in total. The fraction of sp³-hybridized carbons (Fsp3) is 0.412. The van der Waals surface area contributed by atoms with Gasteiger partial charge in [0.2, 0.25) is 5.91 Å². The summed E-state index contributed by atoms with van der Waals surface area (Å²) in [6.07, 6.45) is 6.94. The molecule has 1 aromatic heterocycles. The molecule has 2 heterocycles. The van der Waals surface area contributed by atoms with Crippen LogP contribution in [0.25, 0.3) is 0 Å². The van der Waals surface area contributed by atoms with Gasteiger partial charge in [0.1, 0.15) is 0 Å². The van der Waals surface area contributed by atoms with Gasteiger partial charge in [-0.2, -0.15) is 5.10 Å². The third kappa shape index (κ3) is 4.51. The average Bonchev–Trinajstić information content (AvgIpc) is 3.00. The van der Waals surface area contributed by atoms with E-state index in [1.54, 1.807) is 0 Å². The fourth-order valence-corrected chi connectivity index (χ4v) is 3.36. The van der Waals surface area contributed by atoms with E-state index in [0.29, 0.717) is 18.9 Å². The first kappa shape index (κ1) is 18.8. The van der Waals surface area contributed by atoms with Gasteiger partial charge in [-0.25, -0.2) is 0 Å². The first-order valence-electron chi connectivity index (χ1n) is 7.94. The van der Waals surface area contributed by atoms with Crippen LogP contribution in [0.4, 0.5) is 5.69 Å². The molecular weight excluding hydrogens is 392 g/mol. The minimum Gasteiger partial charge on any atom is -0.399 e. The van der Waals surface area contributed by atoms with E-state index < -0.39 is 0 Å². The van der Waals surface area contributed by atoms with Crippen LogP contribution in [0.5, 0.6) is 0 Å². The summed E-state index contributed by atoms with van der Waals surface area (Å²) in [4.78, 5) is 14.4. The highest BCUT2D eigenvalue weighted by Gasteiger charge is 2.24. The van der Waals surface area contributed by atoms with Gasteiger partial charge in [0.05, 0.1) is 16.7 Å². The number of anilines is 1. The molecule has 0 aliphatic carbocycles. The number of para-hydroxylation sites is 1. The molecule has 7 heteroatoms. The molecule has 1 saturated heterocycles. The number of piperidine rings is 1. The summed E-state index contributed by atoms with van der Waals surface area (Å²) in [5, 5.41) is 4.35. The number of carbonyl (C=O) groups excluding carboxylic acids is 1. The van der Waals surface area contributed by atoms with E-state index in [0.717, 1.165) is 41.7 Å². The number of amides is 1. The molecule has 1 aromatic carbocycles. The second-order valence-electron chi connectivity index (χ2n) is 5.95. The first-order valence-corrected chi connectivity index (χ1v) is 8.73. The van der Waals surface area contributed by atoms with Gasteiger partial charge in [-0.15, -0.1) is 12.4 Å². The Hall–Kier alpha value is -1.53. The zero-order chi connectivity index (χ0) is 16.2. The van der Waals surface area contributed by atoms with E-state index in [9.17, 15) is 4.79 Å². The summed E-state index contributed by atoms with van der Waals surface area (Å²) in [5.41, 5.74) is 7.75. The number of benzene rings is 1. The van der Waals surface area contributed by atoms with Gasteiger partial charge < -0.3 is 10.6 Å². The van der Waals surface area contributed by atoms with Crippen LogP contribution in [-0.2, 0) is 11.2 Å². The number of likely N-dealkylation sites (tertiary alicyclic amines) is 1. The van der Waals surface area contributed by atoms with Gasteiger partial charge >= 0.3 is 0 Å². The summed E-state index contributed by atoms with van der Waals surface area (Å²) >= 11 is 3.42. The van der Waals surface area contributed by atoms with Gasteiger partial charge in [-0.3, -0.25) is 9.48 Å². The van der Waals surface area contributed by atoms with Gasteiger partial charge in [0.15, 0.2) is 0 Å². The van der Waals surface area contributed by atoms with Crippen molar-refractivity contribution in [1.29, 1.82) is 0 Å². The Morgan fingerprint density at radius 2 is 2.00 bits per heavy atom. The zero-order valence-corrected chi connectivity index (χ0v) is 15.8. The predicted octanol–water partition coefficient (Wildman–Crippen LogP) is 3.45. The van der Waals surface area contributed by atoms with Crippen LogP contribution < -0.4 is 5.73 Å². The molecule has 0 spiro atoms. The molecule has 24 heavy (non-hydrogen) atoms. The Kier molecular flexibility index (Phi) is 6.69. The Bertz CT molecular complexity index is 683. The number of aromatic nitrogens is 2. The lowest BCUT2D eigenvalue weighted by Gasteiger charge is -2.32. The largest absolute Gasteiger partial charge is 0.399 e.